The fourth-order valence-corrected chi connectivity index (χ4v) is 3.46. The first-order chi connectivity index (χ1) is 12.3. The molecule has 0 aromatic heterocycles. The predicted molar refractivity (Wildman–Crippen MR) is 102 cm³/mol. The van der Waals surface area contributed by atoms with E-state index in [-0.39, 0.29) is 24.0 Å². The normalized spacial score (nSPS) is 22.5. The molecule has 0 bridgehead atoms. The number of carbonyl (C=O) groups is 2. The second-order valence-electron chi connectivity index (χ2n) is 7.80. The molecule has 5 heteroatoms. The molecule has 3 rings (SSSR count). The molecule has 1 N–H and O–H groups in total. The van der Waals surface area contributed by atoms with E-state index in [1.165, 1.54) is 0 Å². The van der Waals surface area contributed by atoms with E-state index in [4.69, 9.17) is 4.74 Å². The third-order valence-corrected chi connectivity index (χ3v) is 4.60. The van der Waals surface area contributed by atoms with Crippen LogP contribution in [0.4, 0.5) is 4.79 Å². The molecule has 138 valence electrons. The molecule has 26 heavy (non-hydrogen) atoms. The van der Waals surface area contributed by atoms with Gasteiger partial charge in [-0.05, 0) is 44.9 Å². The summed E-state index contributed by atoms with van der Waals surface area (Å²) in [7, 11) is 0. The summed E-state index contributed by atoms with van der Waals surface area (Å²) in [5.41, 5.74) is 2.16. The quantitative estimate of drug-likeness (QED) is 0.824. The van der Waals surface area contributed by atoms with Gasteiger partial charge in [0, 0.05) is 24.6 Å². The summed E-state index contributed by atoms with van der Waals surface area (Å²) in [5.74, 6) is 0.0253. The minimum absolute atomic E-state index is 0.0630. The topological polar surface area (TPSA) is 58.6 Å². The summed E-state index contributed by atoms with van der Waals surface area (Å²) in [4.78, 5) is 26.6. The monoisotopic (exact) mass is 354 g/mol. The molecular weight excluding hydrogens is 328 g/mol. The van der Waals surface area contributed by atoms with Crippen LogP contribution in [0.15, 0.2) is 36.4 Å². The molecule has 0 radical (unpaired) electrons. The van der Waals surface area contributed by atoms with Crippen molar-refractivity contribution in [1.29, 1.82) is 0 Å². The molecule has 2 amide bonds. The Morgan fingerprint density at radius 3 is 2.73 bits per heavy atom. The zero-order valence-corrected chi connectivity index (χ0v) is 15.8. The van der Waals surface area contributed by atoms with E-state index in [9.17, 15) is 9.59 Å². The fourth-order valence-electron chi connectivity index (χ4n) is 3.46. The summed E-state index contributed by atoms with van der Waals surface area (Å²) in [5, 5.41) is 3.05. The lowest BCUT2D eigenvalue weighted by atomic mass is 9.85. The van der Waals surface area contributed by atoms with Crippen LogP contribution < -0.4 is 5.32 Å². The van der Waals surface area contributed by atoms with Crippen LogP contribution in [-0.2, 0) is 4.74 Å². The van der Waals surface area contributed by atoms with E-state index in [1.54, 1.807) is 4.90 Å². The number of hydrogen-bond donors (Lipinski definition) is 1. The van der Waals surface area contributed by atoms with Crippen molar-refractivity contribution in [2.75, 3.05) is 13.1 Å². The van der Waals surface area contributed by atoms with Gasteiger partial charge in [-0.3, -0.25) is 4.79 Å². The van der Waals surface area contributed by atoms with Crippen molar-refractivity contribution in [2.24, 2.45) is 0 Å². The molecule has 1 aromatic carbocycles. The number of nitrogens with zero attached hydrogens (tertiary/aromatic N) is 1. The molecule has 2 heterocycles. The van der Waals surface area contributed by atoms with Gasteiger partial charge in [0.05, 0.1) is 6.04 Å². The number of amides is 2. The van der Waals surface area contributed by atoms with Gasteiger partial charge in [0.15, 0.2) is 0 Å². The third-order valence-electron chi connectivity index (χ3n) is 4.60. The zero-order chi connectivity index (χ0) is 18.9. The van der Waals surface area contributed by atoms with Gasteiger partial charge in [0.25, 0.3) is 5.91 Å². The number of allylic oxidation sites excluding steroid dienone is 3. The molecular formula is C21H26N2O3. The molecule has 0 saturated carbocycles. The number of rotatable bonds is 2. The molecule has 5 nitrogen and oxygen atoms in total. The highest BCUT2D eigenvalue weighted by Gasteiger charge is 2.42. The first-order valence-corrected chi connectivity index (χ1v) is 9.00. The lowest BCUT2D eigenvalue weighted by Crippen LogP contribution is -2.44. The van der Waals surface area contributed by atoms with Gasteiger partial charge in [-0.25, -0.2) is 4.79 Å². The number of nitrogens with one attached hydrogen (secondary N) is 1. The van der Waals surface area contributed by atoms with Crippen molar-refractivity contribution >= 4 is 18.1 Å². The first-order valence-electron chi connectivity index (χ1n) is 9.00. The van der Waals surface area contributed by atoms with Crippen molar-refractivity contribution in [1.82, 2.24) is 10.2 Å². The van der Waals surface area contributed by atoms with Crippen LogP contribution in [0.25, 0.3) is 6.08 Å². The van der Waals surface area contributed by atoms with Crippen molar-refractivity contribution < 1.29 is 14.3 Å². The fraction of sp³-hybridized carbons (Fsp3) is 0.429. The Morgan fingerprint density at radius 1 is 1.27 bits per heavy atom. The highest BCUT2D eigenvalue weighted by molar-refractivity contribution is 5.98. The Morgan fingerprint density at radius 2 is 2.04 bits per heavy atom. The van der Waals surface area contributed by atoms with Crippen LogP contribution in [0.5, 0.6) is 0 Å². The Kier molecular flexibility index (Phi) is 4.90. The summed E-state index contributed by atoms with van der Waals surface area (Å²) >= 11 is 0. The molecule has 0 spiro atoms. The standard InChI is InChI=1S/C21H26N2O3/c1-5-6-7-8-14-9-10-15-16(11-14)19(24)22-18-13-23(12-17(15)18)20(25)26-21(2,3)4/h5-11,17-18H,12-13H2,1-4H3,(H,22,24)/b6-5+,8-7+/t17-,18+/m0/s1. The number of fused-ring (bicyclic) bond motifs is 3. The van der Waals surface area contributed by atoms with Gasteiger partial charge >= 0.3 is 6.09 Å². The molecule has 1 aromatic rings. The maximum atomic E-state index is 12.5. The summed E-state index contributed by atoms with van der Waals surface area (Å²) in [6.45, 7) is 8.56. The zero-order valence-electron chi connectivity index (χ0n) is 15.8. The minimum atomic E-state index is -0.528. The smallest absolute Gasteiger partial charge is 0.410 e. The number of likely N-dealkylation sites (tertiary alicyclic amines) is 1. The van der Waals surface area contributed by atoms with Crippen LogP contribution in [0.3, 0.4) is 0 Å². The highest BCUT2D eigenvalue weighted by atomic mass is 16.6. The first kappa shape index (κ1) is 18.2. The maximum Gasteiger partial charge on any atom is 0.410 e. The lowest BCUT2D eigenvalue weighted by Gasteiger charge is -2.27. The minimum Gasteiger partial charge on any atom is -0.444 e. The third kappa shape index (κ3) is 3.82. The van der Waals surface area contributed by atoms with Gasteiger partial charge < -0.3 is 15.0 Å². The van der Waals surface area contributed by atoms with Crippen molar-refractivity contribution in [3.8, 4) is 0 Å². The second-order valence-corrected chi connectivity index (χ2v) is 7.80. The summed E-state index contributed by atoms with van der Waals surface area (Å²) < 4.78 is 5.48. The van der Waals surface area contributed by atoms with Gasteiger partial charge in [0.1, 0.15) is 5.60 Å². The molecule has 2 aliphatic heterocycles. The Labute approximate surface area is 154 Å². The van der Waals surface area contributed by atoms with Crippen molar-refractivity contribution in [3.63, 3.8) is 0 Å². The van der Waals surface area contributed by atoms with Crippen molar-refractivity contribution in [2.45, 2.75) is 45.3 Å². The molecule has 1 saturated heterocycles. The second kappa shape index (κ2) is 6.98. The average molecular weight is 354 g/mol. The van der Waals surface area contributed by atoms with Crippen LogP contribution in [-0.4, -0.2) is 41.6 Å². The molecule has 1 fully saturated rings. The average Bonchev–Trinajstić information content (AvgIpc) is 2.98. The predicted octanol–water partition coefficient (Wildman–Crippen LogP) is 3.72. The van der Waals surface area contributed by atoms with Gasteiger partial charge in [0.2, 0.25) is 0 Å². The molecule has 0 aliphatic carbocycles. The summed E-state index contributed by atoms with van der Waals surface area (Å²) in [6.07, 6.45) is 7.50. The molecule has 2 atom stereocenters. The SMILES string of the molecule is C/C=C/C=C/c1ccc2c(c1)C(=O)N[C@@H]1CN(C(=O)OC(C)(C)C)C[C@@H]21. The van der Waals surface area contributed by atoms with Crippen LogP contribution in [0, 0.1) is 0 Å². The molecule has 2 aliphatic rings. The van der Waals surface area contributed by atoms with E-state index < -0.39 is 5.60 Å². The number of carbonyl (C=O) groups excluding carboxylic acids is 2. The van der Waals surface area contributed by atoms with E-state index in [0.717, 1.165) is 11.1 Å². The largest absolute Gasteiger partial charge is 0.444 e. The van der Waals surface area contributed by atoms with Gasteiger partial charge in [-0.2, -0.15) is 0 Å². The van der Waals surface area contributed by atoms with E-state index in [2.05, 4.69) is 5.32 Å². The Bertz CT molecular complexity index is 774. The maximum absolute atomic E-state index is 12.5. The Hall–Kier alpha value is -2.56. The van der Waals surface area contributed by atoms with Gasteiger partial charge in [-0.1, -0.05) is 36.4 Å². The Balaban J connectivity index is 1.81. The van der Waals surface area contributed by atoms with E-state index in [0.29, 0.717) is 18.7 Å². The number of ether oxygens (including phenoxy) is 1. The van der Waals surface area contributed by atoms with Crippen LogP contribution in [0.2, 0.25) is 0 Å². The molecule has 0 unspecified atom stereocenters. The number of benzene rings is 1. The van der Waals surface area contributed by atoms with Crippen LogP contribution in [0.1, 0.15) is 55.1 Å². The van der Waals surface area contributed by atoms with E-state index >= 15 is 0 Å². The van der Waals surface area contributed by atoms with E-state index in [1.807, 2.05) is 70.2 Å². The lowest BCUT2D eigenvalue weighted by molar-refractivity contribution is 0.0288. The summed E-state index contributed by atoms with van der Waals surface area (Å²) in [6, 6.07) is 5.88. The number of hydrogen-bond acceptors (Lipinski definition) is 3. The van der Waals surface area contributed by atoms with Crippen molar-refractivity contribution in [3.05, 3.63) is 53.1 Å². The van der Waals surface area contributed by atoms with Gasteiger partial charge in [-0.15, -0.1) is 0 Å². The van der Waals surface area contributed by atoms with Crippen LogP contribution >= 0.6 is 0 Å². The highest BCUT2D eigenvalue weighted by Crippen LogP contribution is 2.35.